The van der Waals surface area contributed by atoms with Crippen molar-refractivity contribution in [3.05, 3.63) is 63.5 Å². The molecule has 0 amide bonds. The minimum absolute atomic E-state index is 0.0723. The normalized spacial score (nSPS) is 10.8. The lowest BCUT2D eigenvalue weighted by molar-refractivity contribution is -0.385. The van der Waals surface area contributed by atoms with E-state index in [2.05, 4.69) is 4.98 Å². The summed E-state index contributed by atoms with van der Waals surface area (Å²) in [4.78, 5) is 27.5. The van der Waals surface area contributed by atoms with Gasteiger partial charge in [-0.25, -0.2) is 9.78 Å². The van der Waals surface area contributed by atoms with Gasteiger partial charge < -0.3 is 4.74 Å². The van der Waals surface area contributed by atoms with E-state index in [0.29, 0.717) is 5.69 Å². The second-order valence-corrected chi connectivity index (χ2v) is 5.59. The Morgan fingerprint density at radius 2 is 2.04 bits per heavy atom. The molecular weight excluding hydrogens is 328 g/mol. The third kappa shape index (κ3) is 4.42. The van der Waals surface area contributed by atoms with Crippen LogP contribution in [0.4, 0.5) is 5.69 Å². The van der Waals surface area contributed by atoms with E-state index in [1.165, 1.54) is 6.07 Å². The zero-order valence-corrected chi connectivity index (χ0v) is 14.1. The number of nitro groups is 1. The van der Waals surface area contributed by atoms with Crippen LogP contribution in [0.1, 0.15) is 28.5 Å². The van der Waals surface area contributed by atoms with E-state index in [0.717, 1.165) is 16.7 Å². The molecule has 0 spiro atoms. The Morgan fingerprint density at radius 1 is 1.33 bits per heavy atom. The summed E-state index contributed by atoms with van der Waals surface area (Å²) < 4.78 is 4.95. The molecule has 7 heteroatoms. The van der Waals surface area contributed by atoms with Crippen molar-refractivity contribution in [2.45, 2.75) is 11.8 Å². The van der Waals surface area contributed by atoms with Gasteiger partial charge in [0.05, 0.1) is 22.8 Å². The monoisotopic (exact) mass is 344 g/mol. The molecule has 0 aliphatic rings. The quantitative estimate of drug-likeness (QED) is 0.340. The Hall–Kier alpha value is -2.67. The third-order valence-corrected chi connectivity index (χ3v) is 3.90. The minimum Gasteiger partial charge on any atom is -0.462 e. The van der Waals surface area contributed by atoms with Crippen LogP contribution in [0, 0.1) is 10.1 Å². The van der Waals surface area contributed by atoms with Gasteiger partial charge in [-0.2, -0.15) is 0 Å². The number of hydrogen-bond donors (Lipinski definition) is 0. The van der Waals surface area contributed by atoms with Crippen molar-refractivity contribution in [2.24, 2.45) is 0 Å². The highest BCUT2D eigenvalue weighted by atomic mass is 32.2. The Balaban J connectivity index is 2.34. The molecule has 6 nitrogen and oxygen atoms in total. The molecule has 1 heterocycles. The molecule has 0 atom stereocenters. The van der Waals surface area contributed by atoms with Crippen LogP contribution in [0.2, 0.25) is 0 Å². The smallest absolute Gasteiger partial charge is 0.340 e. The van der Waals surface area contributed by atoms with E-state index in [1.807, 2.05) is 30.5 Å². The fourth-order valence-corrected chi connectivity index (χ4v) is 2.37. The molecule has 0 saturated carbocycles. The highest BCUT2D eigenvalue weighted by Crippen LogP contribution is 2.20. The molecule has 2 rings (SSSR count). The number of aromatic nitrogens is 1. The summed E-state index contributed by atoms with van der Waals surface area (Å²) in [6.45, 7) is 1.85. The summed E-state index contributed by atoms with van der Waals surface area (Å²) in [5, 5.41) is 10.9. The van der Waals surface area contributed by atoms with Gasteiger partial charge in [0.25, 0.3) is 5.69 Å². The van der Waals surface area contributed by atoms with Crippen molar-refractivity contribution >= 4 is 35.6 Å². The van der Waals surface area contributed by atoms with E-state index >= 15 is 0 Å². The molecule has 0 aliphatic heterocycles. The van der Waals surface area contributed by atoms with Gasteiger partial charge in [-0.3, -0.25) is 10.1 Å². The maximum absolute atomic E-state index is 12.0. The Bertz CT molecular complexity index is 773. The minimum atomic E-state index is -0.633. The third-order valence-electron chi connectivity index (χ3n) is 3.16. The number of rotatable bonds is 6. The van der Waals surface area contributed by atoms with Gasteiger partial charge in [0, 0.05) is 11.0 Å². The molecule has 2 aromatic rings. The first kappa shape index (κ1) is 17.7. The van der Waals surface area contributed by atoms with E-state index in [4.69, 9.17) is 4.74 Å². The second-order valence-electron chi connectivity index (χ2n) is 4.71. The van der Waals surface area contributed by atoms with Crippen molar-refractivity contribution in [2.75, 3.05) is 12.9 Å². The SMILES string of the molecule is CCOC(=O)c1cc([N+](=O)[O-])cnc1C=Cc1ccc(SC)cc1. The number of esters is 1. The first-order chi connectivity index (χ1) is 11.5. The van der Waals surface area contributed by atoms with Crippen molar-refractivity contribution < 1.29 is 14.5 Å². The molecule has 0 radical (unpaired) electrons. The van der Waals surface area contributed by atoms with Gasteiger partial charge in [0.1, 0.15) is 6.20 Å². The second kappa shape index (κ2) is 8.26. The molecule has 0 bridgehead atoms. The van der Waals surface area contributed by atoms with Crippen molar-refractivity contribution in [3.63, 3.8) is 0 Å². The van der Waals surface area contributed by atoms with Crippen LogP contribution >= 0.6 is 11.8 Å². The van der Waals surface area contributed by atoms with Crippen molar-refractivity contribution in [1.82, 2.24) is 4.98 Å². The first-order valence-electron chi connectivity index (χ1n) is 7.19. The number of nitrogens with zero attached hydrogens (tertiary/aromatic N) is 2. The Labute approximate surface area is 143 Å². The molecule has 0 N–H and O–H groups in total. The zero-order chi connectivity index (χ0) is 17.5. The van der Waals surface area contributed by atoms with Crippen LogP contribution in [-0.4, -0.2) is 28.7 Å². The number of hydrogen-bond acceptors (Lipinski definition) is 6. The van der Waals surface area contributed by atoms with E-state index in [-0.39, 0.29) is 17.9 Å². The number of pyridine rings is 1. The summed E-state index contributed by atoms with van der Waals surface area (Å²) in [7, 11) is 0. The van der Waals surface area contributed by atoms with Gasteiger partial charge in [-0.15, -0.1) is 11.8 Å². The lowest BCUT2D eigenvalue weighted by Crippen LogP contribution is -2.08. The highest BCUT2D eigenvalue weighted by molar-refractivity contribution is 7.98. The number of carbonyl (C=O) groups excluding carboxylic acids is 1. The summed E-state index contributed by atoms with van der Waals surface area (Å²) in [5.41, 5.74) is 1.08. The summed E-state index contributed by atoms with van der Waals surface area (Å²) in [6.07, 6.45) is 6.56. The van der Waals surface area contributed by atoms with Gasteiger partial charge in [0.2, 0.25) is 0 Å². The largest absolute Gasteiger partial charge is 0.462 e. The number of benzene rings is 1. The molecule has 1 aromatic heterocycles. The van der Waals surface area contributed by atoms with Crippen LogP contribution in [0.3, 0.4) is 0 Å². The molecule has 0 aliphatic carbocycles. The predicted molar refractivity (Wildman–Crippen MR) is 94.0 cm³/mol. The van der Waals surface area contributed by atoms with Gasteiger partial charge in [-0.1, -0.05) is 18.2 Å². The number of carbonyl (C=O) groups is 1. The van der Waals surface area contributed by atoms with E-state index in [9.17, 15) is 14.9 Å². The van der Waals surface area contributed by atoms with Gasteiger partial charge >= 0.3 is 5.97 Å². The highest BCUT2D eigenvalue weighted by Gasteiger charge is 2.17. The maximum atomic E-state index is 12.0. The molecule has 0 saturated heterocycles. The summed E-state index contributed by atoms with van der Waals surface area (Å²) in [6, 6.07) is 9.04. The molecular formula is C17H16N2O4S. The molecule has 0 unspecified atom stereocenters. The van der Waals surface area contributed by atoms with Crippen molar-refractivity contribution in [3.8, 4) is 0 Å². The average Bonchev–Trinajstić information content (AvgIpc) is 2.60. The Morgan fingerprint density at radius 3 is 2.62 bits per heavy atom. The molecule has 0 fully saturated rings. The Kier molecular flexibility index (Phi) is 6.08. The number of thioether (sulfide) groups is 1. The fourth-order valence-electron chi connectivity index (χ4n) is 1.96. The van der Waals surface area contributed by atoms with Crippen LogP contribution < -0.4 is 0 Å². The van der Waals surface area contributed by atoms with Crippen LogP contribution in [0.25, 0.3) is 12.2 Å². The lowest BCUT2D eigenvalue weighted by Gasteiger charge is -2.05. The lowest BCUT2D eigenvalue weighted by atomic mass is 10.1. The van der Waals surface area contributed by atoms with Crippen LogP contribution in [0.15, 0.2) is 41.4 Å². The standard InChI is InChI=1S/C17H16N2O4S/c1-3-23-17(20)15-10-13(19(21)22)11-18-16(15)9-6-12-4-7-14(24-2)8-5-12/h4-11H,3H2,1-2H3. The predicted octanol–water partition coefficient (Wildman–Crippen LogP) is 4.06. The van der Waals surface area contributed by atoms with Crippen LogP contribution in [0.5, 0.6) is 0 Å². The fraction of sp³-hybridized carbons (Fsp3) is 0.176. The topological polar surface area (TPSA) is 82.3 Å². The molecule has 124 valence electrons. The van der Waals surface area contributed by atoms with Crippen molar-refractivity contribution in [1.29, 1.82) is 0 Å². The van der Waals surface area contributed by atoms with E-state index < -0.39 is 10.9 Å². The maximum Gasteiger partial charge on any atom is 0.340 e. The number of ether oxygens (including phenoxy) is 1. The van der Waals surface area contributed by atoms with E-state index in [1.54, 1.807) is 30.8 Å². The summed E-state index contributed by atoms with van der Waals surface area (Å²) >= 11 is 1.65. The van der Waals surface area contributed by atoms with Gasteiger partial charge in [0.15, 0.2) is 0 Å². The van der Waals surface area contributed by atoms with Gasteiger partial charge in [-0.05, 0) is 37.0 Å². The zero-order valence-electron chi connectivity index (χ0n) is 13.3. The van der Waals surface area contributed by atoms with Crippen LogP contribution in [-0.2, 0) is 4.74 Å². The molecule has 1 aromatic carbocycles. The molecule has 24 heavy (non-hydrogen) atoms. The first-order valence-corrected chi connectivity index (χ1v) is 8.41. The summed E-state index contributed by atoms with van der Waals surface area (Å²) in [5.74, 6) is -0.633. The average molecular weight is 344 g/mol.